The Hall–Kier alpha value is -1.81. The maximum absolute atomic E-state index is 11.2. The van der Waals surface area contributed by atoms with Gasteiger partial charge in [0.25, 0.3) is 0 Å². The smallest absolute Gasteiger partial charge is 0.248 e. The van der Waals surface area contributed by atoms with Crippen molar-refractivity contribution in [3.05, 3.63) is 62.6 Å². The molecule has 0 fully saturated rings. The average molecular weight is 347 g/mol. The minimum atomic E-state index is -0.391. The first-order valence-electron chi connectivity index (χ1n) is 6.78. The van der Waals surface area contributed by atoms with Crippen LogP contribution in [0.5, 0.6) is 0 Å². The molecule has 3 nitrogen and oxygen atoms in total. The number of halogens is 1. The number of benzene rings is 2. The van der Waals surface area contributed by atoms with E-state index < -0.39 is 5.91 Å². The molecule has 4 heteroatoms. The van der Waals surface area contributed by atoms with Crippen molar-refractivity contribution in [1.29, 1.82) is 0 Å². The van der Waals surface area contributed by atoms with Crippen molar-refractivity contribution in [1.82, 2.24) is 0 Å². The van der Waals surface area contributed by atoms with Gasteiger partial charge in [-0.3, -0.25) is 4.79 Å². The lowest BCUT2D eigenvalue weighted by Crippen LogP contribution is -2.12. The summed E-state index contributed by atoms with van der Waals surface area (Å²) in [6, 6.07) is 9.75. The standard InChI is InChI=1S/C17H19BrN2O/c1-10-6-13(17(19)21)4-5-14(10)9-20-16-11(2)7-15(18)8-12(16)3/h4-8,20H,9H2,1-3H3,(H2,19,21). The largest absolute Gasteiger partial charge is 0.381 e. The van der Waals surface area contributed by atoms with Gasteiger partial charge in [0.2, 0.25) is 5.91 Å². The van der Waals surface area contributed by atoms with Crippen molar-refractivity contribution in [2.24, 2.45) is 5.73 Å². The van der Waals surface area contributed by atoms with Gasteiger partial charge >= 0.3 is 0 Å². The van der Waals surface area contributed by atoms with E-state index in [1.807, 2.05) is 19.1 Å². The van der Waals surface area contributed by atoms with Gasteiger partial charge in [-0.1, -0.05) is 22.0 Å². The van der Waals surface area contributed by atoms with Gasteiger partial charge in [-0.15, -0.1) is 0 Å². The lowest BCUT2D eigenvalue weighted by atomic mass is 10.0. The Morgan fingerprint density at radius 3 is 2.24 bits per heavy atom. The summed E-state index contributed by atoms with van der Waals surface area (Å²) in [5.74, 6) is -0.391. The zero-order chi connectivity index (χ0) is 15.6. The van der Waals surface area contributed by atoms with Crippen LogP contribution in [0.2, 0.25) is 0 Å². The summed E-state index contributed by atoms with van der Waals surface area (Å²) in [5.41, 5.74) is 11.6. The first-order chi connectivity index (χ1) is 9.88. The Morgan fingerprint density at radius 1 is 1.10 bits per heavy atom. The van der Waals surface area contributed by atoms with Gasteiger partial charge in [0.05, 0.1) is 0 Å². The van der Waals surface area contributed by atoms with Gasteiger partial charge in [0.15, 0.2) is 0 Å². The van der Waals surface area contributed by atoms with E-state index in [2.05, 4.69) is 47.2 Å². The maximum Gasteiger partial charge on any atom is 0.248 e. The number of rotatable bonds is 4. The molecule has 2 rings (SSSR count). The molecule has 21 heavy (non-hydrogen) atoms. The molecule has 0 aliphatic heterocycles. The first kappa shape index (κ1) is 15.6. The minimum Gasteiger partial charge on any atom is -0.381 e. The molecule has 0 saturated heterocycles. The van der Waals surface area contributed by atoms with Crippen LogP contribution in [0.4, 0.5) is 5.69 Å². The Morgan fingerprint density at radius 2 is 1.71 bits per heavy atom. The lowest BCUT2D eigenvalue weighted by Gasteiger charge is -2.15. The normalized spacial score (nSPS) is 10.5. The molecule has 0 atom stereocenters. The number of aryl methyl sites for hydroxylation is 3. The van der Waals surface area contributed by atoms with Crippen molar-refractivity contribution in [3.8, 4) is 0 Å². The molecule has 0 aromatic heterocycles. The van der Waals surface area contributed by atoms with E-state index in [-0.39, 0.29) is 0 Å². The lowest BCUT2D eigenvalue weighted by molar-refractivity contribution is 0.1000. The molecule has 2 aromatic rings. The fourth-order valence-corrected chi connectivity index (χ4v) is 3.11. The van der Waals surface area contributed by atoms with Crippen LogP contribution in [-0.4, -0.2) is 5.91 Å². The van der Waals surface area contributed by atoms with E-state index in [9.17, 15) is 4.79 Å². The van der Waals surface area contributed by atoms with Crippen LogP contribution in [0.3, 0.4) is 0 Å². The van der Waals surface area contributed by atoms with Crippen molar-refractivity contribution in [2.75, 3.05) is 5.32 Å². The number of nitrogens with one attached hydrogen (secondary N) is 1. The number of anilines is 1. The molecule has 0 aliphatic rings. The summed E-state index contributed by atoms with van der Waals surface area (Å²) in [4.78, 5) is 11.2. The van der Waals surface area contributed by atoms with Crippen LogP contribution in [-0.2, 0) is 6.54 Å². The summed E-state index contributed by atoms with van der Waals surface area (Å²) < 4.78 is 1.09. The topological polar surface area (TPSA) is 55.1 Å². The fourth-order valence-electron chi connectivity index (χ4n) is 2.42. The van der Waals surface area contributed by atoms with E-state index in [1.54, 1.807) is 6.07 Å². The Labute approximate surface area is 133 Å². The number of carbonyl (C=O) groups excluding carboxylic acids is 1. The monoisotopic (exact) mass is 346 g/mol. The molecule has 0 saturated carbocycles. The van der Waals surface area contributed by atoms with Gasteiger partial charge in [-0.2, -0.15) is 0 Å². The summed E-state index contributed by atoms with van der Waals surface area (Å²) in [6.45, 7) is 6.88. The first-order valence-corrected chi connectivity index (χ1v) is 7.57. The molecular formula is C17H19BrN2O. The second-order valence-corrected chi connectivity index (χ2v) is 6.19. The number of hydrogen-bond donors (Lipinski definition) is 2. The molecule has 2 aromatic carbocycles. The highest BCUT2D eigenvalue weighted by Crippen LogP contribution is 2.26. The van der Waals surface area contributed by atoms with Crippen LogP contribution in [0.1, 0.15) is 32.6 Å². The highest BCUT2D eigenvalue weighted by atomic mass is 79.9. The third-order valence-electron chi connectivity index (χ3n) is 3.58. The third-order valence-corrected chi connectivity index (χ3v) is 4.04. The number of nitrogens with two attached hydrogens (primary N) is 1. The second-order valence-electron chi connectivity index (χ2n) is 5.27. The SMILES string of the molecule is Cc1cc(C(N)=O)ccc1CNc1c(C)cc(Br)cc1C. The van der Waals surface area contributed by atoms with Crippen LogP contribution in [0.25, 0.3) is 0 Å². The number of amides is 1. The zero-order valence-electron chi connectivity index (χ0n) is 12.5. The molecule has 0 heterocycles. The van der Waals surface area contributed by atoms with Crippen LogP contribution in [0.15, 0.2) is 34.8 Å². The van der Waals surface area contributed by atoms with Crippen molar-refractivity contribution < 1.29 is 4.79 Å². The van der Waals surface area contributed by atoms with Crippen molar-refractivity contribution >= 4 is 27.5 Å². The molecule has 110 valence electrons. The van der Waals surface area contributed by atoms with Gasteiger partial charge in [0, 0.05) is 22.3 Å². The molecule has 1 amide bonds. The highest BCUT2D eigenvalue weighted by molar-refractivity contribution is 9.10. The molecule has 3 N–H and O–H groups in total. The fraction of sp³-hybridized carbons (Fsp3) is 0.235. The van der Waals surface area contributed by atoms with E-state index in [0.717, 1.165) is 21.3 Å². The van der Waals surface area contributed by atoms with Gasteiger partial charge in [-0.05, 0) is 67.3 Å². The maximum atomic E-state index is 11.2. The summed E-state index contributed by atoms with van der Waals surface area (Å²) in [6.07, 6.45) is 0. The summed E-state index contributed by atoms with van der Waals surface area (Å²) in [5, 5.41) is 3.48. The van der Waals surface area contributed by atoms with E-state index in [1.165, 1.54) is 11.1 Å². The van der Waals surface area contributed by atoms with Gasteiger partial charge in [0.1, 0.15) is 0 Å². The minimum absolute atomic E-state index is 0.391. The number of hydrogen-bond acceptors (Lipinski definition) is 2. The molecule has 0 radical (unpaired) electrons. The van der Waals surface area contributed by atoms with Crippen molar-refractivity contribution in [3.63, 3.8) is 0 Å². The van der Waals surface area contributed by atoms with Gasteiger partial charge < -0.3 is 11.1 Å². The Kier molecular flexibility index (Phi) is 4.68. The molecular weight excluding hydrogens is 328 g/mol. The third kappa shape index (κ3) is 3.64. The Bertz CT molecular complexity index is 672. The van der Waals surface area contributed by atoms with E-state index >= 15 is 0 Å². The highest BCUT2D eigenvalue weighted by Gasteiger charge is 2.07. The van der Waals surface area contributed by atoms with E-state index in [4.69, 9.17) is 5.73 Å². The van der Waals surface area contributed by atoms with Crippen molar-refractivity contribution in [2.45, 2.75) is 27.3 Å². The number of primary amides is 1. The van der Waals surface area contributed by atoms with Crippen LogP contribution in [0, 0.1) is 20.8 Å². The van der Waals surface area contributed by atoms with Crippen LogP contribution < -0.4 is 11.1 Å². The van der Waals surface area contributed by atoms with E-state index in [0.29, 0.717) is 12.1 Å². The quantitative estimate of drug-likeness (QED) is 0.875. The predicted molar refractivity (Wildman–Crippen MR) is 90.6 cm³/mol. The average Bonchev–Trinajstić information content (AvgIpc) is 2.38. The molecule has 0 bridgehead atoms. The molecule has 0 aliphatic carbocycles. The second kappa shape index (κ2) is 6.31. The predicted octanol–water partition coefficient (Wildman–Crippen LogP) is 4.09. The Balaban J connectivity index is 2.19. The molecule has 0 unspecified atom stereocenters. The zero-order valence-corrected chi connectivity index (χ0v) is 14.0. The van der Waals surface area contributed by atoms with Crippen LogP contribution >= 0.6 is 15.9 Å². The van der Waals surface area contributed by atoms with Gasteiger partial charge in [-0.25, -0.2) is 0 Å². The number of carbonyl (C=O) groups is 1. The summed E-state index contributed by atoms with van der Waals surface area (Å²) in [7, 11) is 0. The molecule has 0 spiro atoms. The summed E-state index contributed by atoms with van der Waals surface area (Å²) >= 11 is 3.50.